The summed E-state index contributed by atoms with van der Waals surface area (Å²) in [6, 6.07) is 8.07. The molecule has 0 aromatic heterocycles. The quantitative estimate of drug-likeness (QED) is 0.833. The van der Waals surface area contributed by atoms with Gasteiger partial charge in [-0.2, -0.15) is 0 Å². The smallest absolute Gasteiger partial charge is 0.229 e. The third-order valence-electron chi connectivity index (χ3n) is 3.96. The highest BCUT2D eigenvalue weighted by molar-refractivity contribution is 5.88. The summed E-state index contributed by atoms with van der Waals surface area (Å²) in [7, 11) is 0. The van der Waals surface area contributed by atoms with Gasteiger partial charge in [-0.25, -0.2) is 0 Å². The molecular weight excluding hydrogens is 212 g/mol. The van der Waals surface area contributed by atoms with E-state index in [1.807, 2.05) is 24.3 Å². The first-order valence-corrected chi connectivity index (χ1v) is 6.36. The van der Waals surface area contributed by atoms with Crippen LogP contribution in [0.15, 0.2) is 24.3 Å². The molecule has 1 fully saturated rings. The summed E-state index contributed by atoms with van der Waals surface area (Å²) < 4.78 is 0. The molecule has 0 spiro atoms. The van der Waals surface area contributed by atoms with Crippen LogP contribution in [0.2, 0.25) is 0 Å². The predicted octanol–water partition coefficient (Wildman–Crippen LogP) is 1.97. The average Bonchev–Trinajstić information content (AvgIpc) is 2.89. The molecule has 1 aromatic carbocycles. The lowest BCUT2D eigenvalue weighted by Crippen LogP contribution is -2.32. The lowest BCUT2D eigenvalue weighted by Gasteiger charge is -2.10. The third kappa shape index (κ3) is 2.02. The third-order valence-corrected chi connectivity index (χ3v) is 3.96. The Labute approximate surface area is 102 Å². The van der Waals surface area contributed by atoms with Crippen LogP contribution < -0.4 is 10.6 Å². The van der Waals surface area contributed by atoms with E-state index < -0.39 is 0 Å². The number of hydrogen-bond acceptors (Lipinski definition) is 2. The topological polar surface area (TPSA) is 41.1 Å². The molecule has 1 heterocycles. The Morgan fingerprint density at radius 2 is 2.24 bits per heavy atom. The van der Waals surface area contributed by atoms with Crippen molar-refractivity contribution in [1.29, 1.82) is 0 Å². The fourth-order valence-corrected chi connectivity index (χ4v) is 2.56. The number of para-hydroxylation sites is 1. The van der Waals surface area contributed by atoms with E-state index in [1.54, 1.807) is 0 Å². The van der Waals surface area contributed by atoms with Gasteiger partial charge in [0, 0.05) is 18.8 Å². The minimum Gasteiger partial charge on any atom is -0.384 e. The lowest BCUT2D eigenvalue weighted by atomic mass is 10.0. The highest BCUT2D eigenvalue weighted by Crippen LogP contribution is 2.37. The van der Waals surface area contributed by atoms with Crippen LogP contribution in [0.5, 0.6) is 0 Å². The van der Waals surface area contributed by atoms with Gasteiger partial charge >= 0.3 is 0 Å². The van der Waals surface area contributed by atoms with E-state index in [1.165, 1.54) is 6.42 Å². The second kappa shape index (κ2) is 4.06. The number of hydrogen-bond donors (Lipinski definition) is 2. The summed E-state index contributed by atoms with van der Waals surface area (Å²) >= 11 is 0. The number of rotatable bonds is 3. The molecule has 3 rings (SSSR count). The van der Waals surface area contributed by atoms with Crippen molar-refractivity contribution in [3.63, 3.8) is 0 Å². The average molecular weight is 230 g/mol. The summed E-state index contributed by atoms with van der Waals surface area (Å²) in [4.78, 5) is 12.1. The molecule has 3 unspecified atom stereocenters. The van der Waals surface area contributed by atoms with Crippen molar-refractivity contribution in [2.45, 2.75) is 19.3 Å². The molecule has 90 valence electrons. The summed E-state index contributed by atoms with van der Waals surface area (Å²) in [6.07, 6.45) is 1.26. The number of carbonyl (C=O) groups excluding carboxylic acids is 1. The summed E-state index contributed by atoms with van der Waals surface area (Å²) in [6.45, 7) is 3.81. The molecule has 1 aliphatic carbocycles. The lowest BCUT2D eigenvalue weighted by molar-refractivity contribution is -0.122. The zero-order chi connectivity index (χ0) is 11.8. The van der Waals surface area contributed by atoms with Gasteiger partial charge in [-0.3, -0.25) is 4.79 Å². The molecule has 2 N–H and O–H groups in total. The molecule has 3 atom stereocenters. The summed E-state index contributed by atoms with van der Waals surface area (Å²) in [5, 5.41) is 6.36. The molecule has 17 heavy (non-hydrogen) atoms. The monoisotopic (exact) mass is 230 g/mol. The van der Waals surface area contributed by atoms with Gasteiger partial charge < -0.3 is 10.6 Å². The van der Waals surface area contributed by atoms with E-state index in [9.17, 15) is 4.79 Å². The van der Waals surface area contributed by atoms with Gasteiger partial charge in [0.2, 0.25) is 5.91 Å². The second-order valence-electron chi connectivity index (χ2n) is 5.24. The largest absolute Gasteiger partial charge is 0.384 e. The molecule has 1 aromatic rings. The first-order valence-electron chi connectivity index (χ1n) is 6.36. The summed E-state index contributed by atoms with van der Waals surface area (Å²) in [5.41, 5.74) is 2.24. The van der Waals surface area contributed by atoms with Gasteiger partial charge in [0.05, 0.1) is 5.92 Å². The van der Waals surface area contributed by atoms with Crippen LogP contribution in [-0.4, -0.2) is 19.0 Å². The SMILES string of the molecule is CC1CC1CNC(=O)C1CNc2ccccc21. The van der Waals surface area contributed by atoms with Crippen molar-refractivity contribution < 1.29 is 4.79 Å². The second-order valence-corrected chi connectivity index (χ2v) is 5.24. The van der Waals surface area contributed by atoms with Crippen molar-refractivity contribution in [2.24, 2.45) is 11.8 Å². The van der Waals surface area contributed by atoms with Gasteiger partial charge in [-0.15, -0.1) is 0 Å². The number of carbonyl (C=O) groups is 1. The maximum atomic E-state index is 12.1. The van der Waals surface area contributed by atoms with Crippen LogP contribution in [-0.2, 0) is 4.79 Å². The number of benzene rings is 1. The van der Waals surface area contributed by atoms with Gasteiger partial charge in [-0.05, 0) is 29.9 Å². The van der Waals surface area contributed by atoms with Gasteiger partial charge in [-0.1, -0.05) is 25.1 Å². The standard InChI is InChI=1S/C14H18N2O/c1-9-6-10(9)7-16-14(17)12-8-15-13-5-3-2-4-11(12)13/h2-5,9-10,12,15H,6-8H2,1H3,(H,16,17). The maximum Gasteiger partial charge on any atom is 0.229 e. The fraction of sp³-hybridized carbons (Fsp3) is 0.500. The van der Waals surface area contributed by atoms with Crippen LogP contribution in [0, 0.1) is 11.8 Å². The highest BCUT2D eigenvalue weighted by Gasteiger charge is 2.34. The summed E-state index contributed by atoms with van der Waals surface area (Å²) in [5.74, 6) is 1.66. The molecule has 3 heteroatoms. The van der Waals surface area contributed by atoms with Gasteiger partial charge in [0.15, 0.2) is 0 Å². The molecule has 1 saturated carbocycles. The highest BCUT2D eigenvalue weighted by atomic mass is 16.1. The molecule has 0 radical (unpaired) electrons. The Balaban J connectivity index is 1.63. The van der Waals surface area contributed by atoms with Gasteiger partial charge in [0.25, 0.3) is 0 Å². The molecular formula is C14H18N2O. The molecule has 3 nitrogen and oxygen atoms in total. The minimum absolute atomic E-state index is 0.0137. The Bertz CT molecular complexity index is 444. The van der Waals surface area contributed by atoms with E-state index in [0.717, 1.165) is 30.3 Å². The van der Waals surface area contributed by atoms with Crippen molar-refractivity contribution in [1.82, 2.24) is 5.32 Å². The number of anilines is 1. The van der Waals surface area contributed by atoms with E-state index in [2.05, 4.69) is 17.6 Å². The van der Waals surface area contributed by atoms with Crippen LogP contribution in [0.3, 0.4) is 0 Å². The van der Waals surface area contributed by atoms with E-state index in [0.29, 0.717) is 5.92 Å². The predicted molar refractivity (Wildman–Crippen MR) is 68.0 cm³/mol. The maximum absolute atomic E-state index is 12.1. The zero-order valence-electron chi connectivity index (χ0n) is 10.1. The van der Waals surface area contributed by atoms with Crippen LogP contribution in [0.1, 0.15) is 24.8 Å². The number of nitrogens with one attached hydrogen (secondary N) is 2. The fourth-order valence-electron chi connectivity index (χ4n) is 2.56. The number of fused-ring (bicyclic) bond motifs is 1. The van der Waals surface area contributed by atoms with E-state index >= 15 is 0 Å². The first-order chi connectivity index (χ1) is 8.25. The van der Waals surface area contributed by atoms with Crippen LogP contribution >= 0.6 is 0 Å². The normalized spacial score (nSPS) is 29.4. The molecule has 0 saturated heterocycles. The van der Waals surface area contributed by atoms with Crippen molar-refractivity contribution in [3.8, 4) is 0 Å². The van der Waals surface area contributed by atoms with Crippen molar-refractivity contribution in [3.05, 3.63) is 29.8 Å². The molecule has 1 aliphatic heterocycles. The van der Waals surface area contributed by atoms with Crippen LogP contribution in [0.4, 0.5) is 5.69 Å². The molecule has 1 amide bonds. The first kappa shape index (κ1) is 10.6. The van der Waals surface area contributed by atoms with Gasteiger partial charge in [0.1, 0.15) is 0 Å². The Kier molecular flexibility index (Phi) is 2.54. The zero-order valence-corrected chi connectivity index (χ0v) is 10.1. The Morgan fingerprint density at radius 1 is 1.47 bits per heavy atom. The van der Waals surface area contributed by atoms with Crippen LogP contribution in [0.25, 0.3) is 0 Å². The molecule has 0 bridgehead atoms. The Hall–Kier alpha value is -1.51. The number of amides is 1. The van der Waals surface area contributed by atoms with Crippen molar-refractivity contribution in [2.75, 3.05) is 18.4 Å². The minimum atomic E-state index is -0.0137. The molecule has 2 aliphatic rings. The van der Waals surface area contributed by atoms with Crippen molar-refractivity contribution >= 4 is 11.6 Å². The van der Waals surface area contributed by atoms with E-state index in [-0.39, 0.29) is 11.8 Å². The Morgan fingerprint density at radius 3 is 3.00 bits per heavy atom. The van der Waals surface area contributed by atoms with E-state index in [4.69, 9.17) is 0 Å².